The van der Waals surface area contributed by atoms with E-state index in [9.17, 15) is 4.79 Å². The number of rotatable bonds is 8. The van der Waals surface area contributed by atoms with Crippen LogP contribution in [0.5, 0.6) is 5.75 Å². The fourth-order valence-corrected chi connectivity index (χ4v) is 4.18. The Kier molecular flexibility index (Phi) is 10.4. The first-order valence-corrected chi connectivity index (χ1v) is 10.9. The number of carbonyl (C=O) groups is 1. The molecule has 1 aliphatic carbocycles. The third-order valence-corrected chi connectivity index (χ3v) is 5.68. The van der Waals surface area contributed by atoms with Crippen molar-refractivity contribution in [1.82, 2.24) is 0 Å². The molecule has 152 valence electrons. The van der Waals surface area contributed by atoms with Crippen molar-refractivity contribution >= 4 is 5.78 Å². The molecule has 0 spiro atoms. The lowest BCUT2D eigenvalue weighted by atomic mass is 9.73. The van der Waals surface area contributed by atoms with Crippen molar-refractivity contribution in [3.63, 3.8) is 0 Å². The summed E-state index contributed by atoms with van der Waals surface area (Å²) in [6.07, 6.45) is 10.2. The van der Waals surface area contributed by atoms with E-state index in [-0.39, 0.29) is 11.7 Å². The van der Waals surface area contributed by atoms with Crippen LogP contribution in [0.3, 0.4) is 0 Å². The second-order valence-corrected chi connectivity index (χ2v) is 7.47. The summed E-state index contributed by atoms with van der Waals surface area (Å²) in [5.74, 6) is 2.09. The highest BCUT2D eigenvalue weighted by molar-refractivity contribution is 5.93. The minimum atomic E-state index is 0.215. The molecular weight excluding hydrogens is 332 g/mol. The number of hydrogen-bond acceptors (Lipinski definition) is 2. The number of aryl methyl sites for hydroxylation is 2. The van der Waals surface area contributed by atoms with Crippen molar-refractivity contribution in [3.8, 4) is 5.75 Å². The minimum absolute atomic E-state index is 0.215. The van der Waals surface area contributed by atoms with Crippen molar-refractivity contribution in [1.29, 1.82) is 0 Å². The van der Waals surface area contributed by atoms with Gasteiger partial charge in [-0.15, -0.1) is 0 Å². The van der Waals surface area contributed by atoms with Gasteiger partial charge in [-0.2, -0.15) is 0 Å². The molecule has 0 saturated carbocycles. The molecular formula is C25H40O2. The Morgan fingerprint density at radius 1 is 1.19 bits per heavy atom. The third kappa shape index (κ3) is 6.23. The number of carbonyl (C=O) groups excluding carboxylic acids is 1. The quantitative estimate of drug-likeness (QED) is 0.452. The minimum Gasteiger partial charge on any atom is -0.496 e. The molecule has 0 heterocycles. The molecule has 0 bridgehead atoms. The highest BCUT2D eigenvalue weighted by Gasteiger charge is 2.29. The van der Waals surface area contributed by atoms with Gasteiger partial charge in [-0.1, -0.05) is 59.1 Å². The van der Waals surface area contributed by atoms with Gasteiger partial charge in [-0.05, 0) is 68.2 Å². The number of ether oxygens (including phenoxy) is 1. The van der Waals surface area contributed by atoms with Gasteiger partial charge in [0.25, 0.3) is 0 Å². The standard InChI is InChI=1S/C23H34O2.C2H6/c1-6-8-9-10-18-13-16(3)23(22(14-18)25-5)21-15-20(17(4)24)12-11-19(21)7-2;1-2/h13-15,19,21H,6-12H2,1-5H3;1-2H3. The summed E-state index contributed by atoms with van der Waals surface area (Å²) >= 11 is 0. The summed E-state index contributed by atoms with van der Waals surface area (Å²) in [6.45, 7) is 12.4. The Labute approximate surface area is 167 Å². The number of unbranched alkanes of at least 4 members (excludes halogenated alkanes) is 2. The van der Waals surface area contributed by atoms with E-state index >= 15 is 0 Å². The Balaban J connectivity index is 0.00000176. The van der Waals surface area contributed by atoms with Crippen LogP contribution in [0.15, 0.2) is 23.8 Å². The van der Waals surface area contributed by atoms with Crippen LogP contribution in [0.1, 0.15) is 95.8 Å². The van der Waals surface area contributed by atoms with Gasteiger partial charge in [0, 0.05) is 11.5 Å². The maximum atomic E-state index is 11.9. The van der Waals surface area contributed by atoms with Crippen LogP contribution >= 0.6 is 0 Å². The number of Topliss-reactive ketones (excluding diaryl/α,β-unsaturated/α-hetero) is 1. The fourth-order valence-electron chi connectivity index (χ4n) is 4.18. The smallest absolute Gasteiger partial charge is 0.155 e. The van der Waals surface area contributed by atoms with E-state index in [1.807, 2.05) is 13.8 Å². The first-order chi connectivity index (χ1) is 13.0. The summed E-state index contributed by atoms with van der Waals surface area (Å²) in [5, 5.41) is 0. The SMILES string of the molecule is CC.CCCCCc1cc(C)c(C2C=C(C(C)=O)CCC2CC)c(OC)c1. The van der Waals surface area contributed by atoms with Crippen LogP contribution in [-0.4, -0.2) is 12.9 Å². The van der Waals surface area contributed by atoms with Gasteiger partial charge in [-0.25, -0.2) is 0 Å². The van der Waals surface area contributed by atoms with Gasteiger partial charge in [0.2, 0.25) is 0 Å². The number of benzene rings is 1. The highest BCUT2D eigenvalue weighted by atomic mass is 16.5. The summed E-state index contributed by atoms with van der Waals surface area (Å²) < 4.78 is 5.80. The largest absolute Gasteiger partial charge is 0.496 e. The lowest BCUT2D eigenvalue weighted by molar-refractivity contribution is -0.113. The second-order valence-electron chi connectivity index (χ2n) is 7.47. The van der Waals surface area contributed by atoms with E-state index in [1.165, 1.54) is 36.0 Å². The molecule has 2 heteroatoms. The fraction of sp³-hybridized carbons (Fsp3) is 0.640. The molecule has 1 aliphatic rings. The lowest BCUT2D eigenvalue weighted by Crippen LogP contribution is -2.19. The van der Waals surface area contributed by atoms with Crippen molar-refractivity contribution in [3.05, 3.63) is 40.5 Å². The zero-order valence-corrected chi connectivity index (χ0v) is 18.7. The van der Waals surface area contributed by atoms with Crippen LogP contribution in [0.25, 0.3) is 0 Å². The molecule has 0 radical (unpaired) electrons. The number of allylic oxidation sites excluding steroid dienone is 2. The van der Waals surface area contributed by atoms with E-state index in [0.717, 1.165) is 37.0 Å². The Bertz CT molecular complexity index is 627. The maximum Gasteiger partial charge on any atom is 0.155 e. The molecule has 2 nitrogen and oxygen atoms in total. The van der Waals surface area contributed by atoms with E-state index < -0.39 is 0 Å². The predicted octanol–water partition coefficient (Wildman–Crippen LogP) is 7.18. The molecule has 2 rings (SSSR count). The molecule has 1 aromatic carbocycles. The Morgan fingerprint density at radius 3 is 2.44 bits per heavy atom. The topological polar surface area (TPSA) is 26.3 Å². The van der Waals surface area contributed by atoms with Crippen molar-refractivity contribution in [2.75, 3.05) is 7.11 Å². The van der Waals surface area contributed by atoms with E-state index in [4.69, 9.17) is 4.74 Å². The molecule has 2 atom stereocenters. The third-order valence-electron chi connectivity index (χ3n) is 5.68. The maximum absolute atomic E-state index is 11.9. The van der Waals surface area contributed by atoms with E-state index in [1.54, 1.807) is 14.0 Å². The number of hydrogen-bond donors (Lipinski definition) is 0. The van der Waals surface area contributed by atoms with Gasteiger partial charge >= 0.3 is 0 Å². The molecule has 0 amide bonds. The normalized spacial score (nSPS) is 19.0. The van der Waals surface area contributed by atoms with Gasteiger partial charge in [0.05, 0.1) is 7.11 Å². The monoisotopic (exact) mass is 372 g/mol. The average Bonchev–Trinajstić information content (AvgIpc) is 2.68. The van der Waals surface area contributed by atoms with Crippen LogP contribution in [0, 0.1) is 12.8 Å². The molecule has 27 heavy (non-hydrogen) atoms. The van der Waals surface area contributed by atoms with Crippen LogP contribution in [-0.2, 0) is 11.2 Å². The van der Waals surface area contributed by atoms with Crippen LogP contribution in [0.2, 0.25) is 0 Å². The molecule has 0 aliphatic heterocycles. The molecule has 0 aromatic heterocycles. The average molecular weight is 373 g/mol. The predicted molar refractivity (Wildman–Crippen MR) is 117 cm³/mol. The van der Waals surface area contributed by atoms with Crippen LogP contribution in [0.4, 0.5) is 0 Å². The molecule has 0 fully saturated rings. The Hall–Kier alpha value is -1.57. The van der Waals surface area contributed by atoms with Crippen molar-refractivity contribution < 1.29 is 9.53 Å². The summed E-state index contributed by atoms with van der Waals surface area (Å²) in [6, 6.07) is 4.55. The zero-order chi connectivity index (χ0) is 20.4. The highest BCUT2D eigenvalue weighted by Crippen LogP contribution is 2.43. The van der Waals surface area contributed by atoms with Crippen molar-refractivity contribution in [2.45, 2.75) is 92.4 Å². The van der Waals surface area contributed by atoms with Gasteiger partial charge < -0.3 is 4.74 Å². The first kappa shape index (κ1) is 23.5. The number of methoxy groups -OCH3 is 1. The molecule has 1 aromatic rings. The van der Waals surface area contributed by atoms with Gasteiger partial charge in [0.1, 0.15) is 5.75 Å². The van der Waals surface area contributed by atoms with Gasteiger partial charge in [0.15, 0.2) is 5.78 Å². The first-order valence-electron chi connectivity index (χ1n) is 10.9. The van der Waals surface area contributed by atoms with E-state index in [0.29, 0.717) is 5.92 Å². The number of ketones is 1. The Morgan fingerprint density at radius 2 is 1.89 bits per heavy atom. The van der Waals surface area contributed by atoms with Gasteiger partial charge in [-0.3, -0.25) is 4.79 Å². The lowest BCUT2D eigenvalue weighted by Gasteiger charge is -2.31. The molecule has 0 saturated heterocycles. The summed E-state index contributed by atoms with van der Waals surface area (Å²) in [4.78, 5) is 11.9. The molecule has 0 N–H and O–H groups in total. The second kappa shape index (κ2) is 12.0. The molecule has 2 unspecified atom stereocenters. The van der Waals surface area contributed by atoms with E-state index in [2.05, 4.69) is 39.0 Å². The summed E-state index contributed by atoms with van der Waals surface area (Å²) in [7, 11) is 1.77. The van der Waals surface area contributed by atoms with Crippen LogP contribution < -0.4 is 4.74 Å². The zero-order valence-electron chi connectivity index (χ0n) is 18.7. The van der Waals surface area contributed by atoms with Crippen molar-refractivity contribution in [2.24, 2.45) is 5.92 Å². The summed E-state index contributed by atoms with van der Waals surface area (Å²) in [5.41, 5.74) is 4.94.